The van der Waals surface area contributed by atoms with E-state index in [-0.39, 0.29) is 6.04 Å². The molecule has 1 aromatic carbocycles. The van der Waals surface area contributed by atoms with Crippen LogP contribution in [-0.2, 0) is 6.54 Å². The van der Waals surface area contributed by atoms with Crippen LogP contribution >= 0.6 is 0 Å². The molecule has 0 bridgehead atoms. The Morgan fingerprint density at radius 1 is 1.25 bits per heavy atom. The van der Waals surface area contributed by atoms with Gasteiger partial charge in [0.1, 0.15) is 5.82 Å². The summed E-state index contributed by atoms with van der Waals surface area (Å²) in [6.07, 6.45) is 1.04. The summed E-state index contributed by atoms with van der Waals surface area (Å²) < 4.78 is 1.97. The smallest absolute Gasteiger partial charge is 0.148 e. The predicted octanol–water partition coefficient (Wildman–Crippen LogP) is 3.67. The molecular formula is C16H24N4. The average Bonchev–Trinajstić information content (AvgIpc) is 2.68. The lowest BCUT2D eigenvalue weighted by atomic mass is 10.1. The quantitative estimate of drug-likeness (QED) is 0.873. The second-order valence-electron chi connectivity index (χ2n) is 5.35. The highest BCUT2D eigenvalue weighted by Crippen LogP contribution is 2.27. The molecule has 2 aromatic rings. The Morgan fingerprint density at radius 3 is 2.50 bits per heavy atom. The molecule has 3 N–H and O–H groups in total. The molecule has 0 amide bonds. The van der Waals surface area contributed by atoms with E-state index >= 15 is 0 Å². The molecule has 1 heterocycles. The van der Waals surface area contributed by atoms with E-state index < -0.39 is 0 Å². The molecule has 0 saturated heterocycles. The number of aryl methyl sites for hydroxylation is 3. The Balaban J connectivity index is 2.22. The minimum atomic E-state index is 0.199. The number of anilines is 2. The highest BCUT2D eigenvalue weighted by atomic mass is 15.3. The van der Waals surface area contributed by atoms with Crippen LogP contribution in [-0.4, -0.2) is 9.78 Å². The number of aromatic nitrogens is 2. The maximum Gasteiger partial charge on any atom is 0.148 e. The van der Waals surface area contributed by atoms with Gasteiger partial charge in [-0.05, 0) is 32.8 Å². The van der Waals surface area contributed by atoms with Crippen LogP contribution in [0.2, 0.25) is 0 Å². The SMILES string of the molecule is CCCn1nc(C)c(N)c1NC(C)c1ccc(C)cc1. The molecule has 1 unspecified atom stereocenters. The molecule has 0 spiro atoms. The molecule has 0 fully saturated rings. The molecule has 1 aromatic heterocycles. The third-order valence-corrected chi connectivity index (χ3v) is 3.54. The number of hydrogen-bond acceptors (Lipinski definition) is 3. The first-order valence-corrected chi connectivity index (χ1v) is 7.19. The molecule has 0 aliphatic heterocycles. The highest BCUT2D eigenvalue weighted by molar-refractivity contribution is 5.65. The number of hydrogen-bond donors (Lipinski definition) is 2. The van der Waals surface area contributed by atoms with Crippen molar-refractivity contribution in [2.75, 3.05) is 11.1 Å². The van der Waals surface area contributed by atoms with Crippen molar-refractivity contribution in [3.63, 3.8) is 0 Å². The van der Waals surface area contributed by atoms with Crippen LogP contribution in [0.1, 0.15) is 43.1 Å². The molecular weight excluding hydrogens is 248 g/mol. The van der Waals surface area contributed by atoms with Crippen LogP contribution in [0.4, 0.5) is 11.5 Å². The number of nitrogens with zero attached hydrogens (tertiary/aromatic N) is 2. The minimum absolute atomic E-state index is 0.199. The second-order valence-corrected chi connectivity index (χ2v) is 5.35. The summed E-state index contributed by atoms with van der Waals surface area (Å²) in [5, 5.41) is 7.99. The Labute approximate surface area is 121 Å². The van der Waals surface area contributed by atoms with Crippen LogP contribution < -0.4 is 11.1 Å². The summed E-state index contributed by atoms with van der Waals surface area (Å²) in [6.45, 7) is 9.20. The molecule has 2 rings (SSSR count). The fourth-order valence-electron chi connectivity index (χ4n) is 2.26. The zero-order valence-corrected chi connectivity index (χ0v) is 12.8. The summed E-state index contributed by atoms with van der Waals surface area (Å²) in [5.41, 5.74) is 10.3. The van der Waals surface area contributed by atoms with Crippen LogP contribution in [0.5, 0.6) is 0 Å². The predicted molar refractivity (Wildman–Crippen MR) is 84.9 cm³/mol. The van der Waals surface area contributed by atoms with Crippen molar-refractivity contribution in [3.8, 4) is 0 Å². The molecule has 108 valence electrons. The number of benzene rings is 1. The van der Waals surface area contributed by atoms with Crippen molar-refractivity contribution in [1.82, 2.24) is 9.78 Å². The normalized spacial score (nSPS) is 12.4. The molecule has 4 heteroatoms. The zero-order chi connectivity index (χ0) is 14.7. The molecule has 0 aliphatic carbocycles. The van der Waals surface area contributed by atoms with E-state index in [0.29, 0.717) is 0 Å². The first-order chi connectivity index (χ1) is 9.52. The number of nitrogen functional groups attached to an aromatic ring is 1. The fraction of sp³-hybridized carbons (Fsp3) is 0.438. The standard InChI is InChI=1S/C16H24N4/c1-5-10-20-16(15(17)13(4)19-20)18-12(3)14-8-6-11(2)7-9-14/h6-9,12,18H,5,10,17H2,1-4H3. The van der Waals surface area contributed by atoms with Gasteiger partial charge in [-0.1, -0.05) is 36.8 Å². The van der Waals surface area contributed by atoms with Gasteiger partial charge in [0.15, 0.2) is 0 Å². The van der Waals surface area contributed by atoms with Gasteiger partial charge < -0.3 is 11.1 Å². The third kappa shape index (κ3) is 2.95. The number of nitrogens with two attached hydrogens (primary N) is 1. The van der Waals surface area contributed by atoms with Gasteiger partial charge in [0, 0.05) is 6.54 Å². The fourth-order valence-corrected chi connectivity index (χ4v) is 2.26. The van der Waals surface area contributed by atoms with Crippen molar-refractivity contribution in [2.24, 2.45) is 0 Å². The molecule has 0 aliphatic rings. The van der Waals surface area contributed by atoms with Crippen molar-refractivity contribution in [3.05, 3.63) is 41.1 Å². The Hall–Kier alpha value is -1.97. The summed E-state index contributed by atoms with van der Waals surface area (Å²) in [4.78, 5) is 0. The van der Waals surface area contributed by atoms with E-state index in [1.807, 2.05) is 11.6 Å². The maximum absolute atomic E-state index is 6.14. The lowest BCUT2D eigenvalue weighted by Crippen LogP contribution is -2.13. The van der Waals surface area contributed by atoms with Gasteiger partial charge in [-0.15, -0.1) is 0 Å². The topological polar surface area (TPSA) is 55.9 Å². The van der Waals surface area contributed by atoms with E-state index in [1.165, 1.54) is 11.1 Å². The first-order valence-electron chi connectivity index (χ1n) is 7.19. The molecule has 0 saturated carbocycles. The van der Waals surface area contributed by atoms with Crippen LogP contribution in [0.25, 0.3) is 0 Å². The average molecular weight is 272 g/mol. The van der Waals surface area contributed by atoms with Gasteiger partial charge in [0.05, 0.1) is 17.4 Å². The monoisotopic (exact) mass is 272 g/mol. The summed E-state index contributed by atoms with van der Waals surface area (Å²) in [6, 6.07) is 8.76. The van der Waals surface area contributed by atoms with Gasteiger partial charge in [-0.3, -0.25) is 0 Å². The molecule has 20 heavy (non-hydrogen) atoms. The minimum Gasteiger partial charge on any atom is -0.394 e. The molecule has 0 radical (unpaired) electrons. The number of rotatable bonds is 5. The Morgan fingerprint density at radius 2 is 1.90 bits per heavy atom. The van der Waals surface area contributed by atoms with E-state index in [1.54, 1.807) is 0 Å². The van der Waals surface area contributed by atoms with Gasteiger partial charge in [0.25, 0.3) is 0 Å². The third-order valence-electron chi connectivity index (χ3n) is 3.54. The number of nitrogens with one attached hydrogen (secondary N) is 1. The summed E-state index contributed by atoms with van der Waals surface area (Å²) in [5.74, 6) is 0.928. The zero-order valence-electron chi connectivity index (χ0n) is 12.8. The van der Waals surface area contributed by atoms with Crippen molar-refractivity contribution in [2.45, 2.75) is 46.7 Å². The van der Waals surface area contributed by atoms with Crippen LogP contribution in [0, 0.1) is 13.8 Å². The van der Waals surface area contributed by atoms with Gasteiger partial charge in [0.2, 0.25) is 0 Å². The van der Waals surface area contributed by atoms with Crippen molar-refractivity contribution in [1.29, 1.82) is 0 Å². The Bertz CT molecular complexity index is 569. The largest absolute Gasteiger partial charge is 0.394 e. The first kappa shape index (κ1) is 14.4. The maximum atomic E-state index is 6.14. The second kappa shape index (κ2) is 5.99. The molecule has 1 atom stereocenters. The van der Waals surface area contributed by atoms with Gasteiger partial charge in [-0.25, -0.2) is 4.68 Å². The van der Waals surface area contributed by atoms with E-state index in [9.17, 15) is 0 Å². The Kier molecular flexibility index (Phi) is 4.32. The highest BCUT2D eigenvalue weighted by Gasteiger charge is 2.15. The van der Waals surface area contributed by atoms with E-state index in [4.69, 9.17) is 5.73 Å². The summed E-state index contributed by atoms with van der Waals surface area (Å²) >= 11 is 0. The lowest BCUT2D eigenvalue weighted by Gasteiger charge is -2.17. The van der Waals surface area contributed by atoms with Crippen molar-refractivity contribution < 1.29 is 0 Å². The van der Waals surface area contributed by atoms with Crippen LogP contribution in [0.3, 0.4) is 0 Å². The van der Waals surface area contributed by atoms with Crippen LogP contribution in [0.15, 0.2) is 24.3 Å². The van der Waals surface area contributed by atoms with E-state index in [0.717, 1.165) is 30.2 Å². The van der Waals surface area contributed by atoms with Gasteiger partial charge >= 0.3 is 0 Å². The lowest BCUT2D eigenvalue weighted by molar-refractivity contribution is 0.599. The van der Waals surface area contributed by atoms with Crippen molar-refractivity contribution >= 4 is 11.5 Å². The van der Waals surface area contributed by atoms with Gasteiger partial charge in [-0.2, -0.15) is 5.10 Å². The molecule has 4 nitrogen and oxygen atoms in total. The summed E-state index contributed by atoms with van der Waals surface area (Å²) in [7, 11) is 0. The van der Waals surface area contributed by atoms with E-state index in [2.05, 4.69) is 55.5 Å².